The van der Waals surface area contributed by atoms with Crippen molar-refractivity contribution in [3.05, 3.63) is 0 Å². The number of rotatable bonds is 10. The van der Waals surface area contributed by atoms with Gasteiger partial charge in [0.1, 0.15) is 0 Å². The van der Waals surface area contributed by atoms with E-state index in [-0.39, 0.29) is 64.3 Å². The summed E-state index contributed by atoms with van der Waals surface area (Å²) >= 11 is 0. The number of carbonyl (C=O) groups excluding carboxylic acids is 4. The van der Waals surface area contributed by atoms with Crippen LogP contribution in [0.5, 0.6) is 0 Å². The molecule has 2 amide bonds. The summed E-state index contributed by atoms with van der Waals surface area (Å²) in [5.41, 5.74) is -0.764. The summed E-state index contributed by atoms with van der Waals surface area (Å²) < 4.78 is 86.2. The van der Waals surface area contributed by atoms with Gasteiger partial charge in [-0.3, -0.25) is 24.1 Å². The molecule has 4 unspecified atom stereocenters. The quantitative estimate of drug-likeness (QED) is 0.105. The molecule has 0 radical (unpaired) electrons. The van der Waals surface area contributed by atoms with Crippen LogP contribution in [-0.4, -0.2) is 69.8 Å². The number of cyclic esters (lactones) is 2. The third-order valence-electron chi connectivity index (χ3n) is 5.93. The van der Waals surface area contributed by atoms with Crippen molar-refractivity contribution in [3.8, 4) is 0 Å². The van der Waals surface area contributed by atoms with Crippen molar-refractivity contribution in [2.75, 3.05) is 18.8 Å². The minimum atomic E-state index is -6.08. The number of amides is 2. The normalized spacial score (nSPS) is 22.5. The first-order valence-corrected chi connectivity index (χ1v) is 15.6. The fourth-order valence-electron chi connectivity index (χ4n) is 3.63. The molecule has 2 rings (SSSR count). The molecule has 3 N–H and O–H groups in total. The zero-order valence-corrected chi connectivity index (χ0v) is 26.2. The van der Waals surface area contributed by atoms with E-state index in [1.165, 1.54) is 6.92 Å². The Kier molecular flexibility index (Phi) is 21.0. The van der Waals surface area contributed by atoms with Gasteiger partial charge in [0.25, 0.3) is 0 Å². The van der Waals surface area contributed by atoms with Gasteiger partial charge in [-0.15, -0.1) is 4.13 Å². The van der Waals surface area contributed by atoms with E-state index in [1.54, 1.807) is 13.8 Å². The average molecular weight is 626 g/mol. The van der Waals surface area contributed by atoms with Gasteiger partial charge in [0.15, 0.2) is 0 Å². The Morgan fingerprint density at radius 2 is 1.32 bits per heavy atom. The van der Waals surface area contributed by atoms with Gasteiger partial charge in [-0.05, 0) is 25.8 Å². The van der Waals surface area contributed by atoms with Gasteiger partial charge >= 0.3 is 65.2 Å². The molecule has 2 saturated heterocycles. The maximum atomic E-state index is 12.2. The molecule has 0 aliphatic carbocycles. The number of hydrogen-bond donors (Lipinski definition) is 2. The molecule has 12 nitrogen and oxygen atoms in total. The van der Waals surface area contributed by atoms with Crippen molar-refractivity contribution < 1.29 is 94.5 Å². The topological polar surface area (TPSA) is 187 Å². The second-order valence-electron chi connectivity index (χ2n) is 9.08. The number of carbonyl (C=O) groups is 4. The largest absolute Gasteiger partial charge is 1.00 e. The van der Waals surface area contributed by atoms with Gasteiger partial charge in [0.2, 0.25) is 21.8 Å². The van der Waals surface area contributed by atoms with E-state index in [2.05, 4.69) is 11.7 Å². The van der Waals surface area contributed by atoms with Gasteiger partial charge in [-0.2, -0.15) is 13.2 Å². The maximum absolute atomic E-state index is 12.2. The Hall–Kier alpha value is -0.915. The number of nitrogens with zero attached hydrogens (tertiary/aromatic N) is 1. The Labute approximate surface area is 266 Å². The van der Waals surface area contributed by atoms with Gasteiger partial charge in [0, 0.05) is 18.4 Å². The summed E-state index contributed by atoms with van der Waals surface area (Å²) in [7, 11) is -11.0. The summed E-state index contributed by atoms with van der Waals surface area (Å²) in [5, 5.41) is 0. The molecule has 2 aliphatic rings. The number of nitrogens with one attached hydrogen (secondary N) is 1. The molecule has 0 spiro atoms. The molecule has 0 saturated carbocycles. The fraction of sp³-hybridized carbons (Fsp3) is 0.818. The third kappa shape index (κ3) is 13.5. The fourth-order valence-corrected chi connectivity index (χ4v) is 6.10. The molecule has 19 heteroatoms. The SMILES string of the molecule is CCCC1C(=O)N(CCS(=O)(=O)NS(=O)(=O)C(F)(F)F)C(=O)C1C.CCCC1C(=O)OC(=O)C1C.CCCN.[H-].[H-].[Li+].[Li+]. The zero-order valence-electron chi connectivity index (χ0n) is 26.6. The van der Waals surface area contributed by atoms with Gasteiger partial charge < -0.3 is 13.3 Å². The number of ether oxygens (including phenoxy) is 1. The van der Waals surface area contributed by atoms with Crippen molar-refractivity contribution in [1.29, 1.82) is 0 Å². The molecular formula is C22H40F3Li2N3O9S2. The maximum Gasteiger partial charge on any atom is 1.00 e. The van der Waals surface area contributed by atoms with Crippen molar-refractivity contribution >= 4 is 43.8 Å². The molecule has 0 bridgehead atoms. The molecule has 0 aromatic rings. The predicted molar refractivity (Wildman–Crippen MR) is 136 cm³/mol. The van der Waals surface area contributed by atoms with Crippen LogP contribution in [0.4, 0.5) is 13.2 Å². The number of halogens is 3. The number of imide groups is 1. The van der Waals surface area contributed by atoms with Gasteiger partial charge in [0.05, 0.1) is 17.6 Å². The number of alkyl halides is 3. The number of nitrogens with two attached hydrogens (primary N) is 1. The monoisotopic (exact) mass is 625 g/mol. The second-order valence-corrected chi connectivity index (χ2v) is 12.9. The van der Waals surface area contributed by atoms with E-state index in [4.69, 9.17) is 5.73 Å². The van der Waals surface area contributed by atoms with E-state index in [1.807, 2.05) is 6.92 Å². The van der Waals surface area contributed by atoms with Crippen molar-refractivity contribution in [1.82, 2.24) is 9.03 Å². The van der Waals surface area contributed by atoms with Gasteiger partial charge in [-0.25, -0.2) is 16.8 Å². The molecule has 2 aliphatic heterocycles. The molecule has 0 aromatic carbocycles. The van der Waals surface area contributed by atoms with E-state index < -0.39 is 61.5 Å². The van der Waals surface area contributed by atoms with Gasteiger partial charge in [-0.1, -0.05) is 47.5 Å². The minimum Gasteiger partial charge on any atom is -1.00 e. The van der Waals surface area contributed by atoms with Crippen LogP contribution in [-0.2, 0) is 44.0 Å². The smallest absolute Gasteiger partial charge is 1.00 e. The van der Waals surface area contributed by atoms with Crippen LogP contribution in [0.15, 0.2) is 0 Å². The Balaban J connectivity index is -0.000000213. The van der Waals surface area contributed by atoms with Crippen LogP contribution in [0.1, 0.15) is 69.6 Å². The zero-order chi connectivity index (χ0) is 30.8. The summed E-state index contributed by atoms with van der Waals surface area (Å²) in [6, 6.07) is 0. The van der Waals surface area contributed by atoms with E-state index in [0.29, 0.717) is 21.9 Å². The number of likely N-dealkylation sites (tertiary alicyclic amines) is 1. The van der Waals surface area contributed by atoms with E-state index in [9.17, 15) is 49.2 Å². The summed E-state index contributed by atoms with van der Waals surface area (Å²) in [6.45, 7) is 9.19. The van der Waals surface area contributed by atoms with Crippen LogP contribution in [0.25, 0.3) is 0 Å². The number of esters is 2. The van der Waals surface area contributed by atoms with Crippen LogP contribution in [0.3, 0.4) is 0 Å². The summed E-state index contributed by atoms with van der Waals surface area (Å²) in [5.74, 6) is -4.79. The molecule has 41 heavy (non-hydrogen) atoms. The summed E-state index contributed by atoms with van der Waals surface area (Å²) in [4.78, 5) is 46.4. The molecular weight excluding hydrogens is 585 g/mol. The number of sulfonamides is 2. The first-order chi connectivity index (χ1) is 17.8. The average Bonchev–Trinajstić information content (AvgIpc) is 3.18. The standard InChI is InChI=1S/C11H17F3N2O6S2.C8H12O3.C3H9N.2Li.2H/c1-3-4-8-7(2)9(17)16(10(8)18)5-6-23(19,20)15-24(21,22)11(12,13)14;1-3-4-6-5(2)7(9)11-8(6)10;1-2-3-4;;;;/h7-8,15H,3-6H2,1-2H3;5-6H,3-4H2,1-2H3;2-4H2,1H3;;;;/q;;;2*+1;2*-1. The third-order valence-corrected chi connectivity index (χ3v) is 9.16. The van der Waals surface area contributed by atoms with E-state index >= 15 is 0 Å². The Morgan fingerprint density at radius 1 is 0.854 bits per heavy atom. The van der Waals surface area contributed by atoms with E-state index in [0.717, 1.165) is 25.8 Å². The molecule has 2 fully saturated rings. The minimum absolute atomic E-state index is 0. The van der Waals surface area contributed by atoms with Crippen LogP contribution < -0.4 is 47.6 Å². The first-order valence-electron chi connectivity index (χ1n) is 12.4. The molecule has 0 aromatic heterocycles. The summed E-state index contributed by atoms with van der Waals surface area (Å²) in [6.07, 6.45) is 3.80. The van der Waals surface area contributed by atoms with Crippen molar-refractivity contribution in [3.63, 3.8) is 0 Å². The predicted octanol–water partition coefficient (Wildman–Crippen LogP) is -4.11. The Bertz CT molecular complexity index is 1100. The number of hydrogen-bond acceptors (Lipinski definition) is 10. The second kappa shape index (κ2) is 19.4. The van der Waals surface area contributed by atoms with Crippen LogP contribution in [0, 0.1) is 23.7 Å². The molecule has 232 valence electrons. The Morgan fingerprint density at radius 3 is 1.68 bits per heavy atom. The van der Waals surface area contributed by atoms with Crippen LogP contribution in [0.2, 0.25) is 0 Å². The van der Waals surface area contributed by atoms with Crippen molar-refractivity contribution in [2.24, 2.45) is 29.4 Å². The first kappa shape index (κ1) is 44.5. The molecule has 2 heterocycles. The van der Waals surface area contributed by atoms with Crippen LogP contribution >= 0.6 is 0 Å². The molecule has 4 atom stereocenters. The van der Waals surface area contributed by atoms with Crippen molar-refractivity contribution in [2.45, 2.75) is 72.2 Å².